The van der Waals surface area contributed by atoms with E-state index in [4.69, 9.17) is 0 Å². The molecule has 20 heavy (non-hydrogen) atoms. The average Bonchev–Trinajstić information content (AvgIpc) is 2.44. The lowest BCUT2D eigenvalue weighted by Crippen LogP contribution is -2.50. The largest absolute Gasteiger partial charge is 0.531 e. The van der Waals surface area contributed by atoms with E-state index in [1.165, 1.54) is 31.4 Å². The van der Waals surface area contributed by atoms with Gasteiger partial charge in [-0.05, 0) is 23.3 Å². The molecule has 2 rings (SSSR count). The van der Waals surface area contributed by atoms with Crippen molar-refractivity contribution >= 4 is 14.0 Å². The second-order valence-corrected chi connectivity index (χ2v) is 6.35. The first kappa shape index (κ1) is 14.7. The minimum Gasteiger partial charge on any atom is -0.386 e. The Morgan fingerprint density at radius 1 is 0.900 bits per heavy atom. The van der Waals surface area contributed by atoms with Gasteiger partial charge in [0.2, 0.25) is 0 Å². The Morgan fingerprint density at radius 3 is 1.85 bits per heavy atom. The molecule has 0 saturated carbocycles. The highest BCUT2D eigenvalue weighted by molar-refractivity contribution is 6.72. The van der Waals surface area contributed by atoms with Crippen LogP contribution in [0.4, 0.5) is 13.2 Å². The van der Waals surface area contributed by atoms with Gasteiger partial charge in [0, 0.05) is 12.3 Å². The summed E-state index contributed by atoms with van der Waals surface area (Å²) in [5.74, 6) is -4.09. The summed E-state index contributed by atoms with van der Waals surface area (Å²) in [6, 6.07) is 7.37. The normalized spacial score (nSPS) is 11.7. The van der Waals surface area contributed by atoms with Gasteiger partial charge in [0.1, 0.15) is 0 Å². The fourth-order valence-corrected chi connectivity index (χ4v) is 2.56. The van der Waals surface area contributed by atoms with Crippen molar-refractivity contribution < 1.29 is 27.2 Å². The molecule has 0 saturated heterocycles. The first-order valence-electron chi connectivity index (χ1n) is 5.60. The van der Waals surface area contributed by atoms with E-state index in [0.29, 0.717) is 5.56 Å². The van der Waals surface area contributed by atoms with Gasteiger partial charge in [-0.2, -0.15) is 0 Å². The first-order valence-corrected chi connectivity index (χ1v) is 7.41. The quantitative estimate of drug-likeness (QED) is 0.668. The van der Waals surface area contributed by atoms with Gasteiger partial charge in [-0.3, -0.25) is 0 Å². The monoisotopic (exact) mass is 300 g/mol. The summed E-state index contributed by atoms with van der Waals surface area (Å²) in [5, 5.41) is 0.187. The topological polar surface area (TPSA) is 49.7 Å². The number of halogens is 3. The molecule has 0 aliphatic rings. The molecule has 3 nitrogen and oxygen atoms in total. The van der Waals surface area contributed by atoms with Crippen molar-refractivity contribution in [2.24, 2.45) is 0 Å². The zero-order chi connectivity index (χ0) is 14.9. The number of rotatable bonds is 3. The van der Waals surface area contributed by atoms with Crippen LogP contribution >= 0.6 is 0 Å². The van der Waals surface area contributed by atoms with Gasteiger partial charge in [-0.1, -0.05) is 24.3 Å². The molecule has 0 fully saturated rings. The Labute approximate surface area is 114 Å². The zero-order valence-electron chi connectivity index (χ0n) is 10.4. The zero-order valence-corrected chi connectivity index (χ0v) is 11.4. The molecule has 0 amide bonds. The molecule has 0 aromatic heterocycles. The third kappa shape index (κ3) is 2.75. The molecule has 0 bridgehead atoms. The molecule has 0 unspecified atom stereocenters. The van der Waals surface area contributed by atoms with Crippen LogP contribution in [0.25, 0.3) is 11.1 Å². The van der Waals surface area contributed by atoms with Crippen LogP contribution in [0.3, 0.4) is 0 Å². The SMILES string of the molecule is CO[Si](O)(O)c1ccc(-c2cc(F)c(F)c(F)c2)cc1. The van der Waals surface area contributed by atoms with E-state index in [0.717, 1.165) is 12.1 Å². The van der Waals surface area contributed by atoms with Crippen molar-refractivity contribution in [1.82, 2.24) is 0 Å². The number of benzene rings is 2. The van der Waals surface area contributed by atoms with Crippen molar-refractivity contribution in [3.8, 4) is 11.1 Å². The van der Waals surface area contributed by atoms with Gasteiger partial charge in [0.05, 0.1) is 0 Å². The molecule has 2 aromatic rings. The molecule has 106 valence electrons. The Bertz CT molecular complexity index is 606. The van der Waals surface area contributed by atoms with Gasteiger partial charge in [-0.15, -0.1) is 0 Å². The minimum absolute atomic E-state index is 0.147. The Kier molecular flexibility index (Phi) is 3.96. The van der Waals surface area contributed by atoms with Crippen molar-refractivity contribution in [2.75, 3.05) is 7.11 Å². The summed E-state index contributed by atoms with van der Waals surface area (Å²) in [7, 11) is -2.74. The number of hydrogen-bond donors (Lipinski definition) is 2. The van der Waals surface area contributed by atoms with E-state index < -0.39 is 26.3 Å². The Balaban J connectivity index is 2.40. The molecule has 0 heterocycles. The van der Waals surface area contributed by atoms with Gasteiger partial charge in [0.25, 0.3) is 0 Å². The molecular formula is C13H11F3O3Si. The average molecular weight is 300 g/mol. The molecule has 0 atom stereocenters. The van der Waals surface area contributed by atoms with Crippen molar-refractivity contribution in [3.05, 3.63) is 53.8 Å². The summed E-state index contributed by atoms with van der Waals surface area (Å²) < 4.78 is 43.8. The summed E-state index contributed by atoms with van der Waals surface area (Å²) in [5.41, 5.74) is 0.556. The summed E-state index contributed by atoms with van der Waals surface area (Å²) in [4.78, 5) is 19.2. The van der Waals surface area contributed by atoms with E-state index in [2.05, 4.69) is 4.43 Å². The lowest BCUT2D eigenvalue weighted by molar-refractivity contribution is 0.204. The molecule has 0 spiro atoms. The standard InChI is InChI=1S/C13H11F3O3Si/c1-19-20(17,18)10-4-2-8(3-5-10)9-6-11(14)13(16)12(15)7-9/h2-7,17-18H,1H3. The second-order valence-electron chi connectivity index (χ2n) is 4.14. The minimum atomic E-state index is -3.92. The maximum atomic E-state index is 13.1. The lowest BCUT2D eigenvalue weighted by Gasteiger charge is -2.15. The fourth-order valence-electron chi connectivity index (χ4n) is 1.72. The molecule has 7 heteroatoms. The molecule has 0 aliphatic carbocycles. The Morgan fingerprint density at radius 2 is 1.40 bits per heavy atom. The van der Waals surface area contributed by atoms with E-state index in [9.17, 15) is 22.8 Å². The second kappa shape index (κ2) is 5.37. The third-order valence-electron chi connectivity index (χ3n) is 2.86. The van der Waals surface area contributed by atoms with E-state index in [1.54, 1.807) is 0 Å². The molecular weight excluding hydrogens is 289 g/mol. The smallest absolute Gasteiger partial charge is 0.386 e. The van der Waals surface area contributed by atoms with Gasteiger partial charge in [0.15, 0.2) is 17.5 Å². The highest BCUT2D eigenvalue weighted by Gasteiger charge is 2.33. The highest BCUT2D eigenvalue weighted by Crippen LogP contribution is 2.23. The van der Waals surface area contributed by atoms with Gasteiger partial charge in [-0.25, -0.2) is 13.2 Å². The lowest BCUT2D eigenvalue weighted by atomic mass is 10.1. The summed E-state index contributed by atoms with van der Waals surface area (Å²) >= 11 is 0. The van der Waals surface area contributed by atoms with Crippen LogP contribution in [0, 0.1) is 17.5 Å². The summed E-state index contributed by atoms with van der Waals surface area (Å²) in [6.45, 7) is 0. The van der Waals surface area contributed by atoms with Gasteiger partial charge < -0.3 is 14.0 Å². The van der Waals surface area contributed by atoms with Crippen LogP contribution in [0.5, 0.6) is 0 Å². The van der Waals surface area contributed by atoms with Crippen molar-refractivity contribution in [3.63, 3.8) is 0 Å². The van der Waals surface area contributed by atoms with Crippen LogP contribution in [-0.2, 0) is 4.43 Å². The molecule has 2 aromatic carbocycles. The van der Waals surface area contributed by atoms with E-state index in [-0.39, 0.29) is 10.8 Å². The van der Waals surface area contributed by atoms with E-state index in [1.807, 2.05) is 0 Å². The predicted octanol–water partition coefficient (Wildman–Crippen LogP) is 1.55. The number of hydrogen-bond acceptors (Lipinski definition) is 3. The van der Waals surface area contributed by atoms with Crippen LogP contribution in [-0.4, -0.2) is 25.5 Å². The molecule has 0 aliphatic heterocycles. The molecule has 0 radical (unpaired) electrons. The van der Waals surface area contributed by atoms with Crippen molar-refractivity contribution in [2.45, 2.75) is 0 Å². The van der Waals surface area contributed by atoms with Crippen molar-refractivity contribution in [1.29, 1.82) is 0 Å². The maximum absolute atomic E-state index is 13.1. The van der Waals surface area contributed by atoms with Crippen LogP contribution in [0.1, 0.15) is 0 Å². The molecule has 2 N–H and O–H groups in total. The maximum Gasteiger partial charge on any atom is 0.531 e. The highest BCUT2D eigenvalue weighted by atomic mass is 28.4. The van der Waals surface area contributed by atoms with E-state index >= 15 is 0 Å². The van der Waals surface area contributed by atoms with Gasteiger partial charge >= 0.3 is 8.80 Å². The predicted molar refractivity (Wildman–Crippen MR) is 68.6 cm³/mol. The van der Waals surface area contributed by atoms with Crippen LogP contribution in [0.15, 0.2) is 36.4 Å². The third-order valence-corrected chi connectivity index (χ3v) is 4.52. The van der Waals surface area contributed by atoms with Crippen LogP contribution < -0.4 is 5.19 Å². The fraction of sp³-hybridized carbons (Fsp3) is 0.0769. The van der Waals surface area contributed by atoms with Crippen LogP contribution in [0.2, 0.25) is 0 Å². The summed E-state index contributed by atoms with van der Waals surface area (Å²) in [6.07, 6.45) is 0. The Hall–Kier alpha value is -1.67. The first-order chi connectivity index (χ1) is 9.35.